The van der Waals surface area contributed by atoms with Crippen LogP contribution < -0.4 is 5.73 Å². The normalized spacial score (nSPS) is 22.2. The van der Waals surface area contributed by atoms with E-state index in [1.807, 2.05) is 11.8 Å². The molecule has 2 rings (SSSR count). The molecule has 2 N–H and O–H groups in total. The van der Waals surface area contributed by atoms with Crippen molar-refractivity contribution in [2.45, 2.75) is 57.9 Å². The molecule has 1 unspecified atom stereocenters. The summed E-state index contributed by atoms with van der Waals surface area (Å²) in [6.45, 7) is 7.14. The molecule has 0 aromatic rings. The molecule has 0 spiro atoms. The number of rotatable bonds is 4. The van der Waals surface area contributed by atoms with Gasteiger partial charge in [-0.05, 0) is 38.6 Å². The Balaban J connectivity index is 0.00000220. The molecule has 6 heteroatoms. The minimum atomic E-state index is -0.0240. The van der Waals surface area contributed by atoms with E-state index in [1.165, 1.54) is 38.6 Å². The summed E-state index contributed by atoms with van der Waals surface area (Å²) in [4.78, 5) is 16.7. The first-order valence-corrected chi connectivity index (χ1v) is 8.41. The van der Waals surface area contributed by atoms with Gasteiger partial charge in [0.2, 0.25) is 5.91 Å². The van der Waals surface area contributed by atoms with Crippen molar-refractivity contribution in [3.8, 4) is 0 Å². The standard InChI is InChI=1S/C16H31N3O.2ClH/c1-14(17)12-16(20)19-9-5-8-18(10-11-19)13-15-6-3-2-4-7-15;;/h14-15H,2-13,17H2,1H3;2*1H. The van der Waals surface area contributed by atoms with Gasteiger partial charge in [0.25, 0.3) is 0 Å². The van der Waals surface area contributed by atoms with Gasteiger partial charge < -0.3 is 15.5 Å². The third-order valence-electron chi connectivity index (χ3n) is 4.68. The molecule has 1 heterocycles. The van der Waals surface area contributed by atoms with Gasteiger partial charge in [0.1, 0.15) is 0 Å². The lowest BCUT2D eigenvalue weighted by Gasteiger charge is -2.28. The highest BCUT2D eigenvalue weighted by Gasteiger charge is 2.22. The Morgan fingerprint density at radius 3 is 2.36 bits per heavy atom. The van der Waals surface area contributed by atoms with Crippen LogP contribution in [0, 0.1) is 5.92 Å². The van der Waals surface area contributed by atoms with Crippen LogP contribution in [0.5, 0.6) is 0 Å². The van der Waals surface area contributed by atoms with E-state index in [1.54, 1.807) is 0 Å². The molecule has 2 aliphatic rings. The van der Waals surface area contributed by atoms with E-state index in [9.17, 15) is 4.79 Å². The van der Waals surface area contributed by atoms with Crippen molar-refractivity contribution in [2.24, 2.45) is 11.7 Å². The summed E-state index contributed by atoms with van der Waals surface area (Å²) in [5.41, 5.74) is 5.73. The van der Waals surface area contributed by atoms with Crippen molar-refractivity contribution in [3.63, 3.8) is 0 Å². The van der Waals surface area contributed by atoms with Crippen molar-refractivity contribution in [2.75, 3.05) is 32.7 Å². The first kappa shape index (κ1) is 22.0. The summed E-state index contributed by atoms with van der Waals surface area (Å²) >= 11 is 0. The van der Waals surface area contributed by atoms with Crippen LogP contribution in [0.4, 0.5) is 0 Å². The molecular formula is C16H33Cl2N3O. The van der Waals surface area contributed by atoms with Crippen LogP contribution in [0.3, 0.4) is 0 Å². The van der Waals surface area contributed by atoms with E-state index < -0.39 is 0 Å². The minimum absolute atomic E-state index is 0. The zero-order valence-electron chi connectivity index (χ0n) is 13.8. The Hall–Kier alpha value is -0.0300. The monoisotopic (exact) mass is 353 g/mol. The van der Waals surface area contributed by atoms with Gasteiger partial charge in [0, 0.05) is 38.6 Å². The third-order valence-corrected chi connectivity index (χ3v) is 4.68. The quantitative estimate of drug-likeness (QED) is 0.845. The molecule has 132 valence electrons. The molecule has 22 heavy (non-hydrogen) atoms. The Kier molecular flexibility index (Phi) is 11.5. The molecule has 2 fully saturated rings. The maximum absolute atomic E-state index is 12.1. The maximum Gasteiger partial charge on any atom is 0.224 e. The number of nitrogens with zero attached hydrogens (tertiary/aromatic N) is 2. The van der Waals surface area contributed by atoms with Crippen LogP contribution in [-0.4, -0.2) is 54.5 Å². The van der Waals surface area contributed by atoms with Crippen molar-refractivity contribution in [1.29, 1.82) is 0 Å². The number of nitrogens with two attached hydrogens (primary N) is 1. The average molecular weight is 354 g/mol. The Morgan fingerprint density at radius 1 is 1.05 bits per heavy atom. The highest BCUT2D eigenvalue weighted by molar-refractivity contribution is 5.85. The van der Waals surface area contributed by atoms with Crippen LogP contribution >= 0.6 is 24.8 Å². The molecule has 1 aliphatic carbocycles. The zero-order valence-corrected chi connectivity index (χ0v) is 15.5. The Morgan fingerprint density at radius 2 is 1.73 bits per heavy atom. The van der Waals surface area contributed by atoms with Crippen molar-refractivity contribution in [1.82, 2.24) is 9.80 Å². The van der Waals surface area contributed by atoms with Crippen molar-refractivity contribution < 1.29 is 4.79 Å². The molecule has 0 aromatic heterocycles. The SMILES string of the molecule is CC(N)CC(=O)N1CCCN(CC2CCCCC2)CC1.Cl.Cl. The van der Waals surface area contributed by atoms with Crippen LogP contribution in [0.1, 0.15) is 51.9 Å². The molecule has 0 aromatic carbocycles. The lowest BCUT2D eigenvalue weighted by Crippen LogP contribution is -2.38. The largest absolute Gasteiger partial charge is 0.341 e. The lowest BCUT2D eigenvalue weighted by atomic mass is 9.89. The molecule has 0 radical (unpaired) electrons. The summed E-state index contributed by atoms with van der Waals surface area (Å²) in [5, 5.41) is 0. The molecule has 1 saturated carbocycles. The summed E-state index contributed by atoms with van der Waals surface area (Å²) < 4.78 is 0. The third kappa shape index (κ3) is 7.49. The topological polar surface area (TPSA) is 49.6 Å². The van der Waals surface area contributed by atoms with E-state index in [4.69, 9.17) is 5.73 Å². The highest BCUT2D eigenvalue weighted by Crippen LogP contribution is 2.24. The van der Waals surface area contributed by atoms with Gasteiger partial charge in [-0.1, -0.05) is 19.3 Å². The second kappa shape index (κ2) is 11.5. The number of amides is 1. The van der Waals surface area contributed by atoms with Gasteiger partial charge in [-0.15, -0.1) is 24.8 Å². The number of hydrogen-bond acceptors (Lipinski definition) is 3. The first-order valence-electron chi connectivity index (χ1n) is 8.41. The minimum Gasteiger partial charge on any atom is -0.341 e. The second-order valence-electron chi connectivity index (χ2n) is 6.72. The van der Waals surface area contributed by atoms with Gasteiger partial charge >= 0.3 is 0 Å². The number of carbonyl (C=O) groups is 1. The molecule has 1 aliphatic heterocycles. The van der Waals surface area contributed by atoms with E-state index in [2.05, 4.69) is 4.90 Å². The Bertz CT molecular complexity index is 310. The number of halogens is 2. The summed E-state index contributed by atoms with van der Waals surface area (Å²) in [5.74, 6) is 1.13. The summed E-state index contributed by atoms with van der Waals surface area (Å²) in [6, 6.07) is -0.0240. The van der Waals surface area contributed by atoms with E-state index in [0.29, 0.717) is 6.42 Å². The second-order valence-corrected chi connectivity index (χ2v) is 6.72. The molecule has 4 nitrogen and oxygen atoms in total. The van der Waals surface area contributed by atoms with Gasteiger partial charge in [0.15, 0.2) is 0 Å². The van der Waals surface area contributed by atoms with E-state index in [-0.39, 0.29) is 36.8 Å². The van der Waals surface area contributed by atoms with E-state index in [0.717, 1.165) is 38.5 Å². The molecule has 0 bridgehead atoms. The van der Waals surface area contributed by atoms with Crippen molar-refractivity contribution in [3.05, 3.63) is 0 Å². The fourth-order valence-electron chi connectivity index (χ4n) is 3.54. The van der Waals surface area contributed by atoms with Gasteiger partial charge in [0.05, 0.1) is 0 Å². The summed E-state index contributed by atoms with van der Waals surface area (Å²) in [6.07, 6.45) is 8.67. The maximum atomic E-state index is 12.1. The number of hydrogen-bond donors (Lipinski definition) is 1. The van der Waals surface area contributed by atoms with Crippen LogP contribution in [0.25, 0.3) is 0 Å². The summed E-state index contributed by atoms with van der Waals surface area (Å²) in [7, 11) is 0. The van der Waals surface area contributed by atoms with Crippen LogP contribution in [0.15, 0.2) is 0 Å². The zero-order chi connectivity index (χ0) is 14.4. The van der Waals surface area contributed by atoms with Gasteiger partial charge in [-0.2, -0.15) is 0 Å². The lowest BCUT2D eigenvalue weighted by molar-refractivity contribution is -0.131. The van der Waals surface area contributed by atoms with Gasteiger partial charge in [-0.3, -0.25) is 4.79 Å². The van der Waals surface area contributed by atoms with Crippen LogP contribution in [0.2, 0.25) is 0 Å². The molecular weight excluding hydrogens is 321 g/mol. The predicted octanol–water partition coefficient (Wildman–Crippen LogP) is 2.68. The molecule has 1 amide bonds. The fourth-order valence-corrected chi connectivity index (χ4v) is 3.54. The highest BCUT2D eigenvalue weighted by atomic mass is 35.5. The predicted molar refractivity (Wildman–Crippen MR) is 97.0 cm³/mol. The fraction of sp³-hybridized carbons (Fsp3) is 0.938. The van der Waals surface area contributed by atoms with Gasteiger partial charge in [-0.25, -0.2) is 0 Å². The van der Waals surface area contributed by atoms with E-state index >= 15 is 0 Å². The molecule has 1 saturated heterocycles. The van der Waals surface area contributed by atoms with Crippen molar-refractivity contribution >= 4 is 30.7 Å². The number of carbonyl (C=O) groups excluding carboxylic acids is 1. The average Bonchev–Trinajstić information content (AvgIpc) is 2.65. The smallest absolute Gasteiger partial charge is 0.224 e. The first-order chi connectivity index (χ1) is 9.65. The van der Waals surface area contributed by atoms with Crippen LogP contribution in [-0.2, 0) is 4.79 Å². The molecule has 1 atom stereocenters. The Labute approximate surface area is 148 Å².